The highest BCUT2D eigenvalue weighted by Crippen LogP contribution is 2.36. The molecule has 1 unspecified atom stereocenters. The van der Waals surface area contributed by atoms with Crippen LogP contribution < -0.4 is 5.32 Å². The largest absolute Gasteiger partial charge is 0.346 e. The summed E-state index contributed by atoms with van der Waals surface area (Å²) in [5, 5.41) is 4.86. The number of nitrogens with zero attached hydrogens (tertiary/aromatic N) is 3. The second-order valence-corrected chi connectivity index (χ2v) is 10.1. The lowest BCUT2D eigenvalue weighted by molar-refractivity contribution is 0.0733. The van der Waals surface area contributed by atoms with Crippen molar-refractivity contribution in [3.63, 3.8) is 0 Å². The highest BCUT2D eigenvalue weighted by Gasteiger charge is 2.28. The van der Waals surface area contributed by atoms with Crippen LogP contribution in [0.3, 0.4) is 0 Å². The fourth-order valence-electron chi connectivity index (χ4n) is 5.73. The van der Waals surface area contributed by atoms with Gasteiger partial charge in [-0.2, -0.15) is 0 Å². The third-order valence-electron chi connectivity index (χ3n) is 7.50. The summed E-state index contributed by atoms with van der Waals surface area (Å²) in [5.41, 5.74) is 11.0. The molecule has 1 fully saturated rings. The Labute approximate surface area is 205 Å². The summed E-state index contributed by atoms with van der Waals surface area (Å²) < 4.78 is 0. The van der Waals surface area contributed by atoms with Crippen LogP contribution >= 0.6 is 0 Å². The first-order chi connectivity index (χ1) is 17.0. The van der Waals surface area contributed by atoms with Gasteiger partial charge in [-0.05, 0) is 98.7 Å². The van der Waals surface area contributed by atoms with Gasteiger partial charge in [-0.3, -0.25) is 9.78 Å². The normalized spacial score (nSPS) is 17.7. The summed E-state index contributed by atoms with van der Waals surface area (Å²) in [6.07, 6.45) is 7.15. The molecule has 1 amide bonds. The molecule has 6 rings (SSSR count). The summed E-state index contributed by atoms with van der Waals surface area (Å²) in [4.78, 5) is 27.8. The maximum absolute atomic E-state index is 13.4. The molecule has 6 nitrogen and oxygen atoms in total. The van der Waals surface area contributed by atoms with Crippen molar-refractivity contribution in [1.29, 1.82) is 0 Å². The number of carbonyl (C=O) groups is 1. The fraction of sp³-hybridized carbons (Fsp3) is 0.345. The molecule has 0 saturated carbocycles. The number of fused-ring (bicyclic) bond motifs is 2. The minimum atomic E-state index is 0.0937. The first kappa shape index (κ1) is 22.0. The van der Waals surface area contributed by atoms with E-state index in [0.29, 0.717) is 12.6 Å². The molecule has 2 aliphatic heterocycles. The third kappa shape index (κ3) is 4.02. The molecule has 2 aliphatic rings. The second-order valence-electron chi connectivity index (χ2n) is 10.1. The molecule has 3 aromatic heterocycles. The Bertz CT molecular complexity index is 1430. The van der Waals surface area contributed by atoms with Crippen molar-refractivity contribution in [2.24, 2.45) is 0 Å². The average molecular weight is 466 g/mol. The molecule has 178 valence electrons. The Balaban J connectivity index is 1.39. The average Bonchev–Trinajstić information content (AvgIpc) is 3.52. The van der Waals surface area contributed by atoms with E-state index in [-0.39, 0.29) is 5.91 Å². The zero-order valence-electron chi connectivity index (χ0n) is 20.6. The SMILES string of the molecule is Cc1cc(C(=O)N2CCc3cc(-c4cnc5[nH]cc(C)c5c4)cc(C4CCCN4)c3C2)cc(C)n1. The summed E-state index contributed by atoms with van der Waals surface area (Å²) in [6.45, 7) is 8.42. The molecule has 1 aromatic carbocycles. The molecular formula is C29H31N5O. The lowest BCUT2D eigenvalue weighted by atomic mass is 9.87. The first-order valence-electron chi connectivity index (χ1n) is 12.5. The van der Waals surface area contributed by atoms with Crippen molar-refractivity contribution in [3.05, 3.63) is 81.9 Å². The molecule has 6 heteroatoms. The van der Waals surface area contributed by atoms with E-state index in [1.165, 1.54) is 39.6 Å². The number of rotatable bonds is 3. The van der Waals surface area contributed by atoms with E-state index in [1.54, 1.807) is 0 Å². The van der Waals surface area contributed by atoms with Crippen LogP contribution in [0.4, 0.5) is 0 Å². The highest BCUT2D eigenvalue weighted by atomic mass is 16.2. The minimum Gasteiger partial charge on any atom is -0.346 e. The van der Waals surface area contributed by atoms with Gasteiger partial charge in [-0.1, -0.05) is 6.07 Å². The van der Waals surface area contributed by atoms with Gasteiger partial charge in [-0.25, -0.2) is 4.98 Å². The van der Waals surface area contributed by atoms with Crippen molar-refractivity contribution in [2.75, 3.05) is 13.1 Å². The van der Waals surface area contributed by atoms with E-state index in [0.717, 1.165) is 54.1 Å². The van der Waals surface area contributed by atoms with Gasteiger partial charge >= 0.3 is 0 Å². The number of nitrogens with one attached hydrogen (secondary N) is 2. The zero-order valence-corrected chi connectivity index (χ0v) is 20.6. The van der Waals surface area contributed by atoms with E-state index in [9.17, 15) is 4.79 Å². The minimum absolute atomic E-state index is 0.0937. The quantitative estimate of drug-likeness (QED) is 0.438. The number of benzene rings is 1. The molecule has 4 aromatic rings. The van der Waals surface area contributed by atoms with Crippen LogP contribution in [0.1, 0.15) is 62.9 Å². The van der Waals surface area contributed by atoms with Crippen LogP contribution in [-0.4, -0.2) is 38.8 Å². The van der Waals surface area contributed by atoms with Crippen molar-refractivity contribution in [1.82, 2.24) is 25.2 Å². The van der Waals surface area contributed by atoms with Crippen molar-refractivity contribution < 1.29 is 4.79 Å². The molecule has 0 radical (unpaired) electrons. The monoisotopic (exact) mass is 465 g/mol. The maximum atomic E-state index is 13.4. The molecule has 1 atom stereocenters. The van der Waals surface area contributed by atoms with Crippen LogP contribution in [0, 0.1) is 20.8 Å². The number of pyridine rings is 2. The standard InChI is InChI=1S/C29H31N5O/c1-17-14-31-28-24(17)13-23(15-32-28)21-11-20-6-8-34(29(35)22-9-18(2)33-19(3)10-22)16-26(20)25(12-21)27-5-4-7-30-27/h9-15,27,30H,4-8,16H2,1-3H3,(H,31,32). The summed E-state index contributed by atoms with van der Waals surface area (Å²) in [5.74, 6) is 0.0937. The first-order valence-corrected chi connectivity index (χ1v) is 12.5. The lowest BCUT2D eigenvalue weighted by Gasteiger charge is -2.32. The number of H-pyrrole nitrogens is 1. The van der Waals surface area contributed by atoms with E-state index >= 15 is 0 Å². The maximum Gasteiger partial charge on any atom is 0.254 e. The molecule has 35 heavy (non-hydrogen) atoms. The van der Waals surface area contributed by atoms with E-state index in [4.69, 9.17) is 0 Å². The number of aromatic amines is 1. The molecule has 0 bridgehead atoms. The topological polar surface area (TPSA) is 73.9 Å². The Hall–Kier alpha value is -3.51. The lowest BCUT2D eigenvalue weighted by Crippen LogP contribution is -2.37. The van der Waals surface area contributed by atoms with Gasteiger partial charge in [0.2, 0.25) is 0 Å². The number of hydrogen-bond donors (Lipinski definition) is 2. The summed E-state index contributed by atoms with van der Waals surface area (Å²) in [7, 11) is 0. The van der Waals surface area contributed by atoms with Crippen LogP contribution in [0.2, 0.25) is 0 Å². The number of carbonyl (C=O) groups excluding carboxylic acids is 1. The smallest absolute Gasteiger partial charge is 0.254 e. The summed E-state index contributed by atoms with van der Waals surface area (Å²) >= 11 is 0. The van der Waals surface area contributed by atoms with E-state index < -0.39 is 0 Å². The number of aryl methyl sites for hydroxylation is 3. The van der Waals surface area contributed by atoms with Crippen molar-refractivity contribution in [2.45, 2.75) is 52.6 Å². The van der Waals surface area contributed by atoms with Gasteiger partial charge in [0.15, 0.2) is 0 Å². The number of amides is 1. The van der Waals surface area contributed by atoms with Gasteiger partial charge in [-0.15, -0.1) is 0 Å². The Morgan fingerprint density at radius 2 is 1.89 bits per heavy atom. The van der Waals surface area contributed by atoms with Gasteiger partial charge in [0, 0.05) is 59.4 Å². The molecule has 0 spiro atoms. The molecule has 1 saturated heterocycles. The third-order valence-corrected chi connectivity index (χ3v) is 7.50. The Morgan fingerprint density at radius 1 is 1.06 bits per heavy atom. The van der Waals surface area contributed by atoms with Crippen LogP contribution in [0.5, 0.6) is 0 Å². The molecule has 0 aliphatic carbocycles. The predicted octanol–water partition coefficient (Wildman–Crippen LogP) is 5.17. The van der Waals surface area contributed by atoms with Gasteiger partial charge in [0.1, 0.15) is 5.65 Å². The van der Waals surface area contributed by atoms with Crippen molar-refractivity contribution in [3.8, 4) is 11.1 Å². The Kier molecular flexibility index (Phi) is 5.41. The number of hydrogen-bond acceptors (Lipinski definition) is 4. The molecular weight excluding hydrogens is 434 g/mol. The van der Waals surface area contributed by atoms with Crippen LogP contribution in [0.15, 0.2) is 42.7 Å². The van der Waals surface area contributed by atoms with Crippen LogP contribution in [0.25, 0.3) is 22.2 Å². The number of aromatic nitrogens is 3. The fourth-order valence-corrected chi connectivity index (χ4v) is 5.73. The van der Waals surface area contributed by atoms with E-state index in [2.05, 4.69) is 45.4 Å². The second kappa shape index (κ2) is 8.61. The van der Waals surface area contributed by atoms with E-state index in [1.807, 2.05) is 43.3 Å². The molecule has 2 N–H and O–H groups in total. The zero-order chi connectivity index (χ0) is 24.1. The van der Waals surface area contributed by atoms with Gasteiger partial charge in [0.05, 0.1) is 0 Å². The summed E-state index contributed by atoms with van der Waals surface area (Å²) in [6, 6.07) is 11.0. The molecule has 5 heterocycles. The predicted molar refractivity (Wildman–Crippen MR) is 138 cm³/mol. The Morgan fingerprint density at radius 3 is 2.66 bits per heavy atom. The van der Waals surface area contributed by atoms with Crippen LogP contribution in [-0.2, 0) is 13.0 Å². The van der Waals surface area contributed by atoms with Gasteiger partial charge < -0.3 is 15.2 Å². The van der Waals surface area contributed by atoms with Crippen molar-refractivity contribution >= 4 is 16.9 Å². The highest BCUT2D eigenvalue weighted by molar-refractivity contribution is 5.94. The van der Waals surface area contributed by atoms with Gasteiger partial charge in [0.25, 0.3) is 5.91 Å².